The summed E-state index contributed by atoms with van der Waals surface area (Å²) in [5.74, 6) is 0.286. The highest BCUT2D eigenvalue weighted by Gasteiger charge is 1.97. The lowest BCUT2D eigenvalue weighted by atomic mass is 10.1. The molecule has 20 heavy (non-hydrogen) atoms. The predicted octanol–water partition coefficient (Wildman–Crippen LogP) is 5.20. The zero-order chi connectivity index (χ0) is 14.9. The molecule has 0 saturated carbocycles. The van der Waals surface area contributed by atoms with Crippen LogP contribution >= 0.6 is 0 Å². The first-order chi connectivity index (χ1) is 9.81. The number of aliphatic hydroxyl groups is 1. The smallest absolute Gasteiger partial charge is 0.155 e. The first kappa shape index (κ1) is 19.4. The van der Waals surface area contributed by atoms with E-state index < -0.39 is 0 Å². The molecular formula is C18H34O2. The van der Waals surface area contributed by atoms with Crippen molar-refractivity contribution in [2.24, 2.45) is 0 Å². The molecule has 0 spiro atoms. The summed E-state index contributed by atoms with van der Waals surface area (Å²) in [5, 5.41) is 8.65. The largest absolute Gasteiger partial charge is 0.396 e. The van der Waals surface area contributed by atoms with Crippen LogP contribution in [-0.2, 0) is 4.79 Å². The fraction of sp³-hybridized carbons (Fsp3) is 0.833. The normalized spacial score (nSPS) is 11.3. The highest BCUT2D eigenvalue weighted by molar-refractivity contribution is 5.89. The fourth-order valence-electron chi connectivity index (χ4n) is 2.28. The van der Waals surface area contributed by atoms with Crippen molar-refractivity contribution in [3.8, 4) is 0 Å². The molecule has 0 aromatic carbocycles. The molecule has 0 heterocycles. The average Bonchev–Trinajstić information content (AvgIpc) is 2.45. The van der Waals surface area contributed by atoms with Crippen LogP contribution in [0.25, 0.3) is 0 Å². The highest BCUT2D eigenvalue weighted by atomic mass is 16.2. The van der Waals surface area contributed by atoms with E-state index in [9.17, 15) is 4.79 Å². The second kappa shape index (κ2) is 16.4. The molecular weight excluding hydrogens is 248 g/mol. The van der Waals surface area contributed by atoms with Crippen molar-refractivity contribution in [2.45, 2.75) is 90.4 Å². The Kier molecular flexibility index (Phi) is 15.9. The van der Waals surface area contributed by atoms with Crippen molar-refractivity contribution in [2.75, 3.05) is 6.61 Å². The van der Waals surface area contributed by atoms with Gasteiger partial charge in [-0.05, 0) is 31.8 Å². The van der Waals surface area contributed by atoms with Gasteiger partial charge >= 0.3 is 0 Å². The Balaban J connectivity index is 3.27. The fourth-order valence-corrected chi connectivity index (χ4v) is 2.28. The number of carbonyl (C=O) groups excluding carboxylic acids is 1. The number of carbonyl (C=O) groups is 1. The quantitative estimate of drug-likeness (QED) is 0.331. The minimum Gasteiger partial charge on any atom is -0.396 e. The lowest BCUT2D eigenvalue weighted by molar-refractivity contribution is -0.114. The summed E-state index contributed by atoms with van der Waals surface area (Å²) in [7, 11) is 0. The van der Waals surface area contributed by atoms with E-state index in [-0.39, 0.29) is 5.78 Å². The second-order valence-corrected chi connectivity index (χ2v) is 5.67. The topological polar surface area (TPSA) is 37.3 Å². The molecule has 0 aliphatic carbocycles. The summed E-state index contributed by atoms with van der Waals surface area (Å²) in [6.45, 7) is 2.53. The van der Waals surface area contributed by atoms with Crippen LogP contribution in [0.15, 0.2) is 12.2 Å². The summed E-state index contributed by atoms with van der Waals surface area (Å²) in [6, 6.07) is 0. The summed E-state index contributed by atoms with van der Waals surface area (Å²) in [5.41, 5.74) is 0. The van der Waals surface area contributed by atoms with Gasteiger partial charge < -0.3 is 5.11 Å². The van der Waals surface area contributed by atoms with Crippen molar-refractivity contribution in [1.29, 1.82) is 0 Å². The van der Waals surface area contributed by atoms with Gasteiger partial charge in [0, 0.05) is 13.0 Å². The van der Waals surface area contributed by atoms with Crippen molar-refractivity contribution in [3.05, 3.63) is 12.2 Å². The van der Waals surface area contributed by atoms with Gasteiger partial charge in [0.25, 0.3) is 0 Å². The summed E-state index contributed by atoms with van der Waals surface area (Å²) >= 11 is 0. The molecule has 2 heteroatoms. The molecule has 0 amide bonds. The molecule has 2 nitrogen and oxygen atoms in total. The number of unbranched alkanes of at least 4 members (excludes halogenated alkanes) is 10. The Hall–Kier alpha value is -0.630. The highest BCUT2D eigenvalue weighted by Crippen LogP contribution is 2.08. The molecule has 0 aromatic rings. The van der Waals surface area contributed by atoms with E-state index in [1.165, 1.54) is 44.9 Å². The molecule has 0 fully saturated rings. The van der Waals surface area contributed by atoms with Crippen LogP contribution in [0.1, 0.15) is 90.4 Å². The minimum absolute atomic E-state index is 0.286. The van der Waals surface area contributed by atoms with E-state index in [1.54, 1.807) is 6.08 Å². The monoisotopic (exact) mass is 282 g/mol. The number of hydrogen-bond donors (Lipinski definition) is 1. The third-order valence-electron chi connectivity index (χ3n) is 3.61. The van der Waals surface area contributed by atoms with Crippen LogP contribution in [0.2, 0.25) is 0 Å². The van der Waals surface area contributed by atoms with E-state index in [2.05, 4.69) is 13.0 Å². The number of ketones is 1. The summed E-state index contributed by atoms with van der Waals surface area (Å²) < 4.78 is 0. The maximum Gasteiger partial charge on any atom is 0.155 e. The molecule has 0 unspecified atom stereocenters. The van der Waals surface area contributed by atoms with Gasteiger partial charge in [0.15, 0.2) is 5.78 Å². The van der Waals surface area contributed by atoms with Gasteiger partial charge in [-0.2, -0.15) is 0 Å². The Bertz CT molecular complexity index is 234. The van der Waals surface area contributed by atoms with E-state index in [1.807, 2.05) is 0 Å². The van der Waals surface area contributed by atoms with Crippen molar-refractivity contribution in [1.82, 2.24) is 0 Å². The lowest BCUT2D eigenvalue weighted by Crippen LogP contribution is -1.92. The van der Waals surface area contributed by atoms with E-state index in [0.29, 0.717) is 13.0 Å². The average molecular weight is 282 g/mol. The maximum atomic E-state index is 11.6. The van der Waals surface area contributed by atoms with E-state index in [0.717, 1.165) is 32.1 Å². The SMILES string of the molecule is CCCCCCC/C=C/C(=O)CCCCCCCCO. The van der Waals surface area contributed by atoms with Gasteiger partial charge in [0.05, 0.1) is 0 Å². The number of aliphatic hydroxyl groups excluding tert-OH is 1. The molecule has 0 aliphatic heterocycles. The molecule has 0 saturated heterocycles. The molecule has 1 N–H and O–H groups in total. The molecule has 118 valence electrons. The lowest BCUT2D eigenvalue weighted by Gasteiger charge is -1.99. The molecule has 0 aliphatic rings. The summed E-state index contributed by atoms with van der Waals surface area (Å²) in [4.78, 5) is 11.6. The first-order valence-corrected chi connectivity index (χ1v) is 8.61. The first-order valence-electron chi connectivity index (χ1n) is 8.61. The van der Waals surface area contributed by atoms with Crippen LogP contribution in [0.4, 0.5) is 0 Å². The van der Waals surface area contributed by atoms with Crippen LogP contribution in [0.3, 0.4) is 0 Å². The Morgan fingerprint density at radius 1 is 0.850 bits per heavy atom. The molecule has 0 rings (SSSR count). The van der Waals surface area contributed by atoms with Gasteiger partial charge in [0.1, 0.15) is 0 Å². The zero-order valence-corrected chi connectivity index (χ0v) is 13.4. The van der Waals surface area contributed by atoms with Gasteiger partial charge in [-0.1, -0.05) is 64.4 Å². The van der Waals surface area contributed by atoms with Crippen molar-refractivity contribution >= 4 is 5.78 Å². The van der Waals surface area contributed by atoms with Crippen LogP contribution < -0.4 is 0 Å². The Morgan fingerprint density at radius 2 is 1.45 bits per heavy atom. The Morgan fingerprint density at radius 3 is 2.15 bits per heavy atom. The molecule has 0 radical (unpaired) electrons. The third kappa shape index (κ3) is 15.4. The second-order valence-electron chi connectivity index (χ2n) is 5.67. The van der Waals surface area contributed by atoms with Gasteiger partial charge in [-0.15, -0.1) is 0 Å². The van der Waals surface area contributed by atoms with E-state index in [4.69, 9.17) is 5.11 Å². The number of allylic oxidation sites excluding steroid dienone is 2. The third-order valence-corrected chi connectivity index (χ3v) is 3.61. The molecule has 0 bridgehead atoms. The van der Waals surface area contributed by atoms with Crippen molar-refractivity contribution in [3.63, 3.8) is 0 Å². The van der Waals surface area contributed by atoms with Gasteiger partial charge in [-0.25, -0.2) is 0 Å². The van der Waals surface area contributed by atoms with E-state index >= 15 is 0 Å². The molecule has 0 aromatic heterocycles. The standard InChI is InChI=1S/C18H34O2/c1-2-3-4-5-6-9-12-15-18(20)16-13-10-7-8-11-14-17-19/h12,15,19H,2-11,13-14,16-17H2,1H3/b15-12+. The zero-order valence-electron chi connectivity index (χ0n) is 13.4. The van der Waals surface area contributed by atoms with Crippen molar-refractivity contribution < 1.29 is 9.90 Å². The van der Waals surface area contributed by atoms with Crippen LogP contribution in [0.5, 0.6) is 0 Å². The number of rotatable bonds is 15. The van der Waals surface area contributed by atoms with Gasteiger partial charge in [-0.3, -0.25) is 4.79 Å². The minimum atomic E-state index is 0.286. The predicted molar refractivity (Wildman–Crippen MR) is 86.9 cm³/mol. The van der Waals surface area contributed by atoms with Gasteiger partial charge in [0.2, 0.25) is 0 Å². The number of hydrogen-bond acceptors (Lipinski definition) is 2. The maximum absolute atomic E-state index is 11.6. The molecule has 0 atom stereocenters. The summed E-state index contributed by atoms with van der Waals surface area (Å²) in [6.07, 6.45) is 18.6. The van der Waals surface area contributed by atoms with Crippen LogP contribution in [0, 0.1) is 0 Å². The Labute approximate surface area is 125 Å². The van der Waals surface area contributed by atoms with Crippen LogP contribution in [-0.4, -0.2) is 17.5 Å².